The van der Waals surface area contributed by atoms with Gasteiger partial charge in [0.2, 0.25) is 5.91 Å². The lowest BCUT2D eigenvalue weighted by atomic mass is 10.0. The van der Waals surface area contributed by atoms with E-state index < -0.39 is 0 Å². The Hall–Kier alpha value is -1.06. The average molecular weight is 269 g/mol. The molecule has 1 atom stereocenters. The van der Waals surface area contributed by atoms with Gasteiger partial charge in [-0.25, -0.2) is 0 Å². The molecule has 0 aliphatic carbocycles. The van der Waals surface area contributed by atoms with Crippen molar-refractivity contribution in [2.24, 2.45) is 0 Å². The largest absolute Gasteiger partial charge is 0.340 e. The Morgan fingerprint density at radius 2 is 2.06 bits per heavy atom. The fraction of sp³-hybridized carbons (Fsp3) is 0.500. The SMILES string of the molecule is CN(Cc1ccccc1)C(=O)[C@H]1CCCCN1.Cl. The van der Waals surface area contributed by atoms with Crippen molar-refractivity contribution in [2.75, 3.05) is 13.6 Å². The maximum Gasteiger partial charge on any atom is 0.239 e. The highest BCUT2D eigenvalue weighted by atomic mass is 35.5. The van der Waals surface area contributed by atoms with Crippen LogP contribution in [0.15, 0.2) is 30.3 Å². The Labute approximate surface area is 115 Å². The van der Waals surface area contributed by atoms with Crippen LogP contribution in [0.1, 0.15) is 24.8 Å². The molecular formula is C14H21ClN2O. The third-order valence-electron chi connectivity index (χ3n) is 3.25. The molecule has 18 heavy (non-hydrogen) atoms. The number of amides is 1. The second kappa shape index (κ2) is 7.39. The van der Waals surface area contributed by atoms with E-state index in [2.05, 4.69) is 17.4 Å². The van der Waals surface area contributed by atoms with E-state index in [4.69, 9.17) is 0 Å². The molecule has 1 heterocycles. The van der Waals surface area contributed by atoms with E-state index in [0.717, 1.165) is 19.4 Å². The van der Waals surface area contributed by atoms with Crippen LogP contribution in [0.5, 0.6) is 0 Å². The van der Waals surface area contributed by atoms with Crippen LogP contribution in [0.3, 0.4) is 0 Å². The van der Waals surface area contributed by atoms with Gasteiger partial charge in [0.15, 0.2) is 0 Å². The fourth-order valence-electron chi connectivity index (χ4n) is 2.26. The number of carbonyl (C=O) groups is 1. The maximum atomic E-state index is 12.2. The highest BCUT2D eigenvalue weighted by Crippen LogP contribution is 2.11. The van der Waals surface area contributed by atoms with Gasteiger partial charge in [-0.05, 0) is 24.9 Å². The van der Waals surface area contributed by atoms with Crippen molar-refractivity contribution >= 4 is 18.3 Å². The minimum Gasteiger partial charge on any atom is -0.340 e. The number of carbonyl (C=O) groups excluding carboxylic acids is 1. The number of halogens is 1. The van der Waals surface area contributed by atoms with Gasteiger partial charge in [-0.3, -0.25) is 4.79 Å². The van der Waals surface area contributed by atoms with E-state index in [1.807, 2.05) is 30.1 Å². The Balaban J connectivity index is 0.00000162. The first kappa shape index (κ1) is 15.0. The Kier molecular flexibility index (Phi) is 6.16. The second-order valence-corrected chi connectivity index (χ2v) is 4.68. The standard InChI is InChI=1S/C14H20N2O.ClH/c1-16(11-12-7-3-2-4-8-12)14(17)13-9-5-6-10-15-13;/h2-4,7-8,13,15H,5-6,9-11H2,1H3;1H/t13-;/m1./s1. The van der Waals surface area contributed by atoms with Crippen molar-refractivity contribution in [1.82, 2.24) is 10.2 Å². The minimum atomic E-state index is 0. The van der Waals surface area contributed by atoms with Crippen LogP contribution in [0.4, 0.5) is 0 Å². The molecular weight excluding hydrogens is 248 g/mol. The van der Waals surface area contributed by atoms with Gasteiger partial charge >= 0.3 is 0 Å². The summed E-state index contributed by atoms with van der Waals surface area (Å²) in [4.78, 5) is 14.0. The Morgan fingerprint density at radius 1 is 1.33 bits per heavy atom. The van der Waals surface area contributed by atoms with Crippen molar-refractivity contribution in [3.05, 3.63) is 35.9 Å². The van der Waals surface area contributed by atoms with Crippen LogP contribution in [0, 0.1) is 0 Å². The van der Waals surface area contributed by atoms with Gasteiger partial charge in [0, 0.05) is 13.6 Å². The van der Waals surface area contributed by atoms with Crippen molar-refractivity contribution in [3.8, 4) is 0 Å². The second-order valence-electron chi connectivity index (χ2n) is 4.68. The van der Waals surface area contributed by atoms with Gasteiger partial charge in [-0.1, -0.05) is 36.8 Å². The maximum absolute atomic E-state index is 12.2. The summed E-state index contributed by atoms with van der Waals surface area (Å²) in [7, 11) is 1.88. The van der Waals surface area contributed by atoms with E-state index in [0.29, 0.717) is 6.54 Å². The number of piperidine rings is 1. The smallest absolute Gasteiger partial charge is 0.239 e. The van der Waals surface area contributed by atoms with Crippen molar-refractivity contribution in [3.63, 3.8) is 0 Å². The zero-order valence-electron chi connectivity index (χ0n) is 10.8. The van der Waals surface area contributed by atoms with Crippen LogP contribution in [-0.4, -0.2) is 30.4 Å². The highest BCUT2D eigenvalue weighted by molar-refractivity contribution is 5.85. The summed E-state index contributed by atoms with van der Waals surface area (Å²) >= 11 is 0. The first-order valence-corrected chi connectivity index (χ1v) is 6.29. The van der Waals surface area contributed by atoms with Gasteiger partial charge in [0.25, 0.3) is 0 Å². The van der Waals surface area contributed by atoms with Crippen molar-refractivity contribution in [2.45, 2.75) is 31.8 Å². The third-order valence-corrected chi connectivity index (χ3v) is 3.25. The molecule has 100 valence electrons. The van der Waals surface area contributed by atoms with Gasteiger partial charge in [0.05, 0.1) is 6.04 Å². The summed E-state index contributed by atoms with van der Waals surface area (Å²) in [5.41, 5.74) is 1.18. The number of benzene rings is 1. The normalized spacial score (nSPS) is 18.8. The molecule has 0 bridgehead atoms. The quantitative estimate of drug-likeness (QED) is 0.912. The predicted octanol–water partition coefficient (Wildman–Crippen LogP) is 2.21. The molecule has 1 aromatic rings. The van der Waals surface area contributed by atoms with Crippen LogP contribution < -0.4 is 5.32 Å². The molecule has 1 saturated heterocycles. The van der Waals surface area contributed by atoms with E-state index in [9.17, 15) is 4.79 Å². The van der Waals surface area contributed by atoms with Gasteiger partial charge in [-0.15, -0.1) is 12.4 Å². The summed E-state index contributed by atoms with van der Waals surface area (Å²) in [5, 5.41) is 3.29. The van der Waals surface area contributed by atoms with Gasteiger partial charge in [-0.2, -0.15) is 0 Å². The molecule has 4 heteroatoms. The van der Waals surface area contributed by atoms with E-state index in [1.54, 1.807) is 0 Å². The molecule has 2 rings (SSSR count). The molecule has 1 amide bonds. The number of rotatable bonds is 3. The minimum absolute atomic E-state index is 0. The molecule has 1 aliphatic heterocycles. The number of hydrogen-bond acceptors (Lipinski definition) is 2. The molecule has 1 fully saturated rings. The summed E-state index contributed by atoms with van der Waals surface area (Å²) in [6.45, 7) is 1.66. The number of hydrogen-bond donors (Lipinski definition) is 1. The summed E-state index contributed by atoms with van der Waals surface area (Å²) < 4.78 is 0. The lowest BCUT2D eigenvalue weighted by Crippen LogP contribution is -2.46. The highest BCUT2D eigenvalue weighted by Gasteiger charge is 2.23. The number of nitrogens with one attached hydrogen (secondary N) is 1. The van der Waals surface area contributed by atoms with Crippen LogP contribution in [-0.2, 0) is 11.3 Å². The lowest BCUT2D eigenvalue weighted by molar-refractivity contribution is -0.133. The first-order valence-electron chi connectivity index (χ1n) is 6.29. The number of likely N-dealkylation sites (N-methyl/N-ethyl adjacent to an activating group) is 1. The number of nitrogens with zero attached hydrogens (tertiary/aromatic N) is 1. The van der Waals surface area contributed by atoms with Crippen molar-refractivity contribution in [1.29, 1.82) is 0 Å². The van der Waals surface area contributed by atoms with Crippen LogP contribution in [0.2, 0.25) is 0 Å². The first-order chi connectivity index (χ1) is 8.27. The van der Waals surface area contributed by atoms with E-state index in [-0.39, 0.29) is 24.4 Å². The summed E-state index contributed by atoms with van der Waals surface area (Å²) in [6, 6.07) is 10.1. The molecule has 1 aliphatic rings. The van der Waals surface area contributed by atoms with E-state index >= 15 is 0 Å². The van der Waals surface area contributed by atoms with Gasteiger partial charge in [0.1, 0.15) is 0 Å². The van der Waals surface area contributed by atoms with Crippen LogP contribution >= 0.6 is 12.4 Å². The van der Waals surface area contributed by atoms with E-state index in [1.165, 1.54) is 12.0 Å². The molecule has 0 radical (unpaired) electrons. The van der Waals surface area contributed by atoms with Gasteiger partial charge < -0.3 is 10.2 Å². The zero-order chi connectivity index (χ0) is 12.1. The topological polar surface area (TPSA) is 32.3 Å². The summed E-state index contributed by atoms with van der Waals surface area (Å²) in [6.07, 6.45) is 3.31. The average Bonchev–Trinajstić information content (AvgIpc) is 2.40. The summed E-state index contributed by atoms with van der Waals surface area (Å²) in [5.74, 6) is 0.216. The fourth-order valence-corrected chi connectivity index (χ4v) is 2.26. The van der Waals surface area contributed by atoms with Crippen LogP contribution in [0.25, 0.3) is 0 Å². The zero-order valence-corrected chi connectivity index (χ0v) is 11.6. The Morgan fingerprint density at radius 3 is 2.67 bits per heavy atom. The molecule has 1 N–H and O–H groups in total. The molecule has 0 saturated carbocycles. The molecule has 1 aromatic carbocycles. The molecule has 3 nitrogen and oxygen atoms in total. The predicted molar refractivity (Wildman–Crippen MR) is 75.8 cm³/mol. The molecule has 0 unspecified atom stereocenters. The third kappa shape index (κ3) is 4.00. The molecule has 0 aromatic heterocycles. The lowest BCUT2D eigenvalue weighted by Gasteiger charge is -2.27. The van der Waals surface area contributed by atoms with Crippen molar-refractivity contribution < 1.29 is 4.79 Å². The Bertz CT molecular complexity index is 363. The monoisotopic (exact) mass is 268 g/mol. The molecule has 0 spiro atoms.